The van der Waals surface area contributed by atoms with Crippen LogP contribution in [0, 0.1) is 0 Å². The van der Waals surface area contributed by atoms with Crippen LogP contribution in [0.4, 0.5) is 4.39 Å². The van der Waals surface area contributed by atoms with Crippen molar-refractivity contribution in [3.63, 3.8) is 0 Å². The minimum atomic E-state index is -0.671. The highest BCUT2D eigenvalue weighted by atomic mass is 35.5. The van der Waals surface area contributed by atoms with Gasteiger partial charge in [0, 0.05) is 6.04 Å². The van der Waals surface area contributed by atoms with E-state index in [1.54, 1.807) is 0 Å². The van der Waals surface area contributed by atoms with E-state index in [4.69, 9.17) is 5.73 Å². The third-order valence-electron chi connectivity index (χ3n) is 0.759. The summed E-state index contributed by atoms with van der Waals surface area (Å²) >= 11 is 0. The van der Waals surface area contributed by atoms with E-state index in [0.29, 0.717) is 6.42 Å². The van der Waals surface area contributed by atoms with Crippen molar-refractivity contribution in [2.45, 2.75) is 18.6 Å². The summed E-state index contributed by atoms with van der Waals surface area (Å²) < 4.78 is 11.4. The number of nitrogens with two attached hydrogens (primary N) is 1. The van der Waals surface area contributed by atoms with E-state index in [1.165, 1.54) is 0 Å². The molecule has 0 aromatic carbocycles. The Morgan fingerprint density at radius 1 is 1.67 bits per heavy atom. The van der Waals surface area contributed by atoms with E-state index in [9.17, 15) is 4.39 Å². The topological polar surface area (TPSA) is 26.0 Å². The first-order valence-electron chi connectivity index (χ1n) is 1.70. The van der Waals surface area contributed by atoms with E-state index in [2.05, 4.69) is 0 Å². The Balaban J connectivity index is 0.000000250. The summed E-state index contributed by atoms with van der Waals surface area (Å²) in [5, 5.41) is 0. The first kappa shape index (κ1) is 6.18. The molecular weight excluding hydrogens is 104 g/mol. The molecule has 1 fully saturated rings. The Bertz CT molecular complexity index is 44.1. The number of hydrogen-bond acceptors (Lipinski definition) is 1. The molecule has 3 heteroatoms. The fraction of sp³-hybridized carbons (Fsp3) is 1.00. The highest BCUT2D eigenvalue weighted by Gasteiger charge is 2.32. The van der Waals surface area contributed by atoms with Crippen LogP contribution in [0.1, 0.15) is 6.42 Å². The molecule has 1 aliphatic rings. The third kappa shape index (κ3) is 1.11. The molecule has 1 saturated carbocycles. The minimum absolute atomic E-state index is 0. The molecule has 1 unspecified atom stereocenters. The van der Waals surface area contributed by atoms with Crippen molar-refractivity contribution in [1.82, 2.24) is 0 Å². The van der Waals surface area contributed by atoms with Gasteiger partial charge >= 0.3 is 0 Å². The van der Waals surface area contributed by atoms with Gasteiger partial charge in [0.1, 0.15) is 6.17 Å². The number of halogens is 2. The van der Waals surface area contributed by atoms with Gasteiger partial charge in [0.2, 0.25) is 0 Å². The number of rotatable bonds is 0. The molecule has 1 rings (SSSR count). The van der Waals surface area contributed by atoms with Crippen LogP contribution in [0.2, 0.25) is 0 Å². The van der Waals surface area contributed by atoms with Gasteiger partial charge in [-0.15, -0.1) is 12.4 Å². The zero-order valence-corrected chi connectivity index (χ0v) is 4.04. The molecule has 6 heavy (non-hydrogen) atoms. The van der Waals surface area contributed by atoms with Crippen molar-refractivity contribution in [2.24, 2.45) is 5.73 Å². The molecular formula is C3H7ClFN. The number of alkyl halides is 1. The van der Waals surface area contributed by atoms with Crippen LogP contribution in [0.15, 0.2) is 0 Å². The summed E-state index contributed by atoms with van der Waals surface area (Å²) in [5.74, 6) is 0. The van der Waals surface area contributed by atoms with Crippen LogP contribution < -0.4 is 5.73 Å². The normalized spacial score (nSPS) is 41.0. The highest BCUT2D eigenvalue weighted by Crippen LogP contribution is 2.21. The quantitative estimate of drug-likeness (QED) is 0.484. The molecule has 0 heterocycles. The van der Waals surface area contributed by atoms with Crippen molar-refractivity contribution in [3.8, 4) is 0 Å². The van der Waals surface area contributed by atoms with Crippen molar-refractivity contribution in [2.75, 3.05) is 0 Å². The zero-order chi connectivity index (χ0) is 3.86. The van der Waals surface area contributed by atoms with E-state index in [-0.39, 0.29) is 18.4 Å². The van der Waals surface area contributed by atoms with Gasteiger partial charge in [-0.2, -0.15) is 0 Å². The predicted molar refractivity (Wildman–Crippen MR) is 24.7 cm³/mol. The number of hydrogen-bond donors (Lipinski definition) is 1. The lowest BCUT2D eigenvalue weighted by Crippen LogP contribution is -2.00. The average molecular weight is 112 g/mol. The highest BCUT2D eigenvalue weighted by molar-refractivity contribution is 5.85. The van der Waals surface area contributed by atoms with Crippen LogP contribution in [0.5, 0.6) is 0 Å². The van der Waals surface area contributed by atoms with Crippen LogP contribution >= 0.6 is 12.4 Å². The second kappa shape index (κ2) is 1.76. The Kier molecular flexibility index (Phi) is 1.81. The lowest BCUT2D eigenvalue weighted by Gasteiger charge is -1.66. The molecule has 0 aliphatic heterocycles. The van der Waals surface area contributed by atoms with Gasteiger partial charge in [0.15, 0.2) is 0 Å². The Morgan fingerprint density at radius 3 is 1.83 bits per heavy atom. The second-order valence-electron chi connectivity index (χ2n) is 1.42. The molecule has 0 aromatic heterocycles. The van der Waals surface area contributed by atoms with Crippen molar-refractivity contribution >= 4 is 12.4 Å². The molecule has 38 valence electrons. The first-order chi connectivity index (χ1) is 2.30. The SMILES string of the molecule is Cl.NC1C[C@@H]1F. The lowest BCUT2D eigenvalue weighted by atomic mass is 10.8. The van der Waals surface area contributed by atoms with E-state index in [1.807, 2.05) is 0 Å². The molecule has 0 saturated heterocycles. The molecule has 0 aromatic rings. The Hall–Kier alpha value is 0.180. The molecule has 2 atom stereocenters. The molecule has 0 spiro atoms. The summed E-state index contributed by atoms with van der Waals surface area (Å²) in [4.78, 5) is 0. The minimum Gasteiger partial charge on any atom is -0.325 e. The summed E-state index contributed by atoms with van der Waals surface area (Å²) in [5.41, 5.74) is 4.99. The summed E-state index contributed by atoms with van der Waals surface area (Å²) in [6.45, 7) is 0. The Morgan fingerprint density at radius 2 is 1.83 bits per heavy atom. The molecule has 0 bridgehead atoms. The zero-order valence-electron chi connectivity index (χ0n) is 3.23. The molecule has 1 nitrogen and oxygen atoms in total. The van der Waals surface area contributed by atoms with Crippen molar-refractivity contribution in [1.29, 1.82) is 0 Å². The molecule has 1 aliphatic carbocycles. The van der Waals surface area contributed by atoms with Gasteiger partial charge in [0.05, 0.1) is 0 Å². The van der Waals surface area contributed by atoms with Crippen LogP contribution in [-0.4, -0.2) is 12.2 Å². The molecule has 0 radical (unpaired) electrons. The van der Waals surface area contributed by atoms with Crippen molar-refractivity contribution < 1.29 is 4.39 Å². The van der Waals surface area contributed by atoms with E-state index >= 15 is 0 Å². The predicted octanol–water partition coefficient (Wildman–Crippen LogP) is 0.477. The van der Waals surface area contributed by atoms with Gasteiger partial charge in [-0.25, -0.2) is 4.39 Å². The molecule has 2 N–H and O–H groups in total. The van der Waals surface area contributed by atoms with Gasteiger partial charge in [-0.1, -0.05) is 0 Å². The smallest absolute Gasteiger partial charge is 0.117 e. The summed E-state index contributed by atoms with van der Waals surface area (Å²) in [6, 6.07) is -0.116. The second-order valence-corrected chi connectivity index (χ2v) is 1.42. The Labute approximate surface area is 42.1 Å². The largest absolute Gasteiger partial charge is 0.325 e. The van der Waals surface area contributed by atoms with Gasteiger partial charge < -0.3 is 5.73 Å². The fourth-order valence-electron chi connectivity index (χ4n) is 0.181. The van der Waals surface area contributed by atoms with Crippen LogP contribution in [-0.2, 0) is 0 Å². The van der Waals surface area contributed by atoms with Crippen LogP contribution in [0.3, 0.4) is 0 Å². The third-order valence-corrected chi connectivity index (χ3v) is 0.759. The lowest BCUT2D eigenvalue weighted by molar-refractivity contribution is 0.467. The van der Waals surface area contributed by atoms with Crippen molar-refractivity contribution in [3.05, 3.63) is 0 Å². The van der Waals surface area contributed by atoms with Gasteiger partial charge in [-0.05, 0) is 6.42 Å². The standard InChI is InChI=1S/C3H6FN.ClH/c4-2-1-3(2)5;/h2-3H,1,5H2;1H/t2-,3?;/m0./s1. The van der Waals surface area contributed by atoms with Crippen LogP contribution in [0.25, 0.3) is 0 Å². The van der Waals surface area contributed by atoms with E-state index < -0.39 is 6.17 Å². The maximum atomic E-state index is 11.4. The summed E-state index contributed by atoms with van der Waals surface area (Å²) in [6.07, 6.45) is -0.0880. The van der Waals surface area contributed by atoms with Gasteiger partial charge in [-0.3, -0.25) is 0 Å². The summed E-state index contributed by atoms with van der Waals surface area (Å²) in [7, 11) is 0. The maximum absolute atomic E-state index is 11.4. The van der Waals surface area contributed by atoms with Gasteiger partial charge in [0.25, 0.3) is 0 Å². The fourth-order valence-corrected chi connectivity index (χ4v) is 0.181. The van der Waals surface area contributed by atoms with E-state index in [0.717, 1.165) is 0 Å². The monoisotopic (exact) mass is 111 g/mol. The molecule has 0 amide bonds. The average Bonchev–Trinajstić information content (AvgIpc) is 1.79. The maximum Gasteiger partial charge on any atom is 0.117 e. The first-order valence-corrected chi connectivity index (χ1v) is 1.70.